The largest absolute Gasteiger partial charge is 0.489 e. The van der Waals surface area contributed by atoms with Crippen molar-refractivity contribution in [1.29, 1.82) is 0 Å². The molecule has 2 aromatic rings. The highest BCUT2D eigenvalue weighted by molar-refractivity contribution is 6.32. The van der Waals surface area contributed by atoms with Gasteiger partial charge in [-0.25, -0.2) is 4.79 Å². The molecule has 0 fully saturated rings. The second-order valence-electron chi connectivity index (χ2n) is 7.50. The first-order valence-corrected chi connectivity index (χ1v) is 8.95. The molecular formula is C20H19ClO5. The summed E-state index contributed by atoms with van der Waals surface area (Å²) in [4.78, 5) is 24.9. The average molecular weight is 375 g/mol. The number of carbonyl (C=O) groups excluding carboxylic acids is 1. The highest BCUT2D eigenvalue weighted by atomic mass is 35.5. The van der Waals surface area contributed by atoms with Crippen LogP contribution in [0.1, 0.15) is 55.1 Å². The average Bonchev–Trinajstić information content (AvgIpc) is 2.69. The fourth-order valence-electron chi connectivity index (χ4n) is 3.56. The van der Waals surface area contributed by atoms with Crippen LogP contribution in [0.5, 0.6) is 11.5 Å². The van der Waals surface area contributed by atoms with Gasteiger partial charge < -0.3 is 13.9 Å². The lowest BCUT2D eigenvalue weighted by atomic mass is 9.93. The minimum Gasteiger partial charge on any atom is -0.489 e. The zero-order valence-corrected chi connectivity index (χ0v) is 15.8. The van der Waals surface area contributed by atoms with Gasteiger partial charge in [-0.15, -0.1) is 0 Å². The van der Waals surface area contributed by atoms with Crippen LogP contribution in [0, 0.1) is 6.92 Å². The SMILES string of the molecule is Cc1c(Cl)c(=O)oc2c3c(c4c(c12)OC(C)(C)CC=C4)OC(C)CC3=O. The van der Waals surface area contributed by atoms with Gasteiger partial charge in [0.05, 0.1) is 10.9 Å². The summed E-state index contributed by atoms with van der Waals surface area (Å²) < 4.78 is 17.8. The van der Waals surface area contributed by atoms with E-state index in [0.717, 1.165) is 0 Å². The Morgan fingerprint density at radius 3 is 2.69 bits per heavy atom. The molecule has 1 aromatic heterocycles. The molecule has 1 unspecified atom stereocenters. The third-order valence-electron chi connectivity index (χ3n) is 4.82. The van der Waals surface area contributed by atoms with Gasteiger partial charge in [-0.2, -0.15) is 0 Å². The lowest BCUT2D eigenvalue weighted by molar-refractivity contribution is 0.0868. The van der Waals surface area contributed by atoms with Crippen LogP contribution in [0.25, 0.3) is 17.0 Å². The topological polar surface area (TPSA) is 65.7 Å². The van der Waals surface area contributed by atoms with Crippen molar-refractivity contribution in [1.82, 2.24) is 0 Å². The van der Waals surface area contributed by atoms with E-state index in [1.54, 1.807) is 6.92 Å². The molecule has 0 spiro atoms. The van der Waals surface area contributed by atoms with Crippen molar-refractivity contribution in [2.75, 3.05) is 0 Å². The van der Waals surface area contributed by atoms with Gasteiger partial charge in [0, 0.05) is 12.8 Å². The molecule has 0 N–H and O–H groups in total. The van der Waals surface area contributed by atoms with Crippen LogP contribution >= 0.6 is 11.6 Å². The molecule has 26 heavy (non-hydrogen) atoms. The monoisotopic (exact) mass is 374 g/mol. The molecule has 0 bridgehead atoms. The van der Waals surface area contributed by atoms with Crippen molar-refractivity contribution in [2.24, 2.45) is 0 Å². The molecule has 3 heterocycles. The van der Waals surface area contributed by atoms with Gasteiger partial charge in [0.15, 0.2) is 11.4 Å². The van der Waals surface area contributed by atoms with Crippen molar-refractivity contribution in [3.8, 4) is 11.5 Å². The van der Waals surface area contributed by atoms with E-state index in [1.165, 1.54) is 0 Å². The minimum atomic E-state index is -0.673. The quantitative estimate of drug-likeness (QED) is 0.626. The molecule has 0 aliphatic carbocycles. The first kappa shape index (κ1) is 17.2. The second kappa shape index (κ2) is 5.61. The number of aryl methyl sites for hydroxylation is 1. The molecule has 136 valence electrons. The molecule has 4 rings (SSSR count). The number of carbonyl (C=O) groups is 1. The van der Waals surface area contributed by atoms with Crippen LogP contribution in [-0.4, -0.2) is 17.5 Å². The predicted molar refractivity (Wildman–Crippen MR) is 99.6 cm³/mol. The highest BCUT2D eigenvalue weighted by Crippen LogP contribution is 2.48. The van der Waals surface area contributed by atoms with E-state index in [4.69, 9.17) is 25.5 Å². The number of hydrogen-bond donors (Lipinski definition) is 0. The van der Waals surface area contributed by atoms with E-state index in [-0.39, 0.29) is 28.9 Å². The molecule has 1 aromatic carbocycles. The lowest BCUT2D eigenvalue weighted by Crippen LogP contribution is -2.28. The standard InChI is InChI=1S/C20H19ClO5/c1-9-8-12(22)14-16(24-9)11-6-5-7-20(3,4)26-17(11)13-10(2)15(21)19(23)25-18(13)14/h5-6,9H,7-8H2,1-4H3. The van der Waals surface area contributed by atoms with Crippen LogP contribution in [0.15, 0.2) is 15.3 Å². The Bertz CT molecular complexity index is 1040. The number of hydrogen-bond acceptors (Lipinski definition) is 5. The Kier molecular flexibility index (Phi) is 3.70. The summed E-state index contributed by atoms with van der Waals surface area (Å²) in [5, 5.41) is 0.543. The van der Waals surface area contributed by atoms with Gasteiger partial charge in [-0.05, 0) is 33.3 Å². The summed E-state index contributed by atoms with van der Waals surface area (Å²) in [6.07, 6.45) is 4.56. The molecule has 1 atom stereocenters. The van der Waals surface area contributed by atoms with Crippen molar-refractivity contribution in [3.05, 3.63) is 38.2 Å². The Hall–Kier alpha value is -2.27. The third kappa shape index (κ3) is 2.45. The number of Topliss-reactive ketones (excluding diaryl/α,β-unsaturated/α-hetero) is 1. The first-order valence-electron chi connectivity index (χ1n) is 8.58. The van der Waals surface area contributed by atoms with Gasteiger partial charge in [-0.3, -0.25) is 4.79 Å². The number of fused-ring (bicyclic) bond motifs is 6. The van der Waals surface area contributed by atoms with E-state index in [0.29, 0.717) is 40.0 Å². The maximum Gasteiger partial charge on any atom is 0.355 e. The zero-order chi connectivity index (χ0) is 18.8. The van der Waals surface area contributed by atoms with E-state index in [9.17, 15) is 9.59 Å². The molecule has 0 radical (unpaired) electrons. The van der Waals surface area contributed by atoms with Crippen molar-refractivity contribution in [3.63, 3.8) is 0 Å². The Balaban J connectivity index is 2.23. The van der Waals surface area contributed by atoms with Crippen LogP contribution in [-0.2, 0) is 0 Å². The van der Waals surface area contributed by atoms with Gasteiger partial charge >= 0.3 is 5.63 Å². The smallest absolute Gasteiger partial charge is 0.355 e. The first-order chi connectivity index (χ1) is 12.2. The van der Waals surface area contributed by atoms with E-state index >= 15 is 0 Å². The van der Waals surface area contributed by atoms with Crippen LogP contribution < -0.4 is 15.1 Å². The maximum atomic E-state index is 12.8. The van der Waals surface area contributed by atoms with Crippen LogP contribution in [0.3, 0.4) is 0 Å². The Morgan fingerprint density at radius 1 is 1.23 bits per heavy atom. The van der Waals surface area contributed by atoms with Crippen LogP contribution in [0.4, 0.5) is 0 Å². The summed E-state index contributed by atoms with van der Waals surface area (Å²) >= 11 is 6.16. The predicted octanol–water partition coefficient (Wildman–Crippen LogP) is 4.68. The molecule has 0 saturated carbocycles. The third-order valence-corrected chi connectivity index (χ3v) is 5.26. The Labute approximate surface area is 155 Å². The number of rotatable bonds is 0. The molecule has 0 amide bonds. The summed E-state index contributed by atoms with van der Waals surface area (Å²) in [5.41, 5.74) is 0.562. The second-order valence-corrected chi connectivity index (χ2v) is 7.88. The number of ether oxygens (including phenoxy) is 2. The molecule has 6 heteroatoms. The van der Waals surface area contributed by atoms with Gasteiger partial charge in [0.25, 0.3) is 0 Å². The van der Waals surface area contributed by atoms with E-state index < -0.39 is 11.2 Å². The fraction of sp³-hybridized carbons (Fsp3) is 0.400. The fourth-order valence-corrected chi connectivity index (χ4v) is 3.70. The van der Waals surface area contributed by atoms with Gasteiger partial charge in [0.1, 0.15) is 33.8 Å². The minimum absolute atomic E-state index is 0.00757. The van der Waals surface area contributed by atoms with Gasteiger partial charge in [0.2, 0.25) is 0 Å². The molecule has 5 nitrogen and oxygen atoms in total. The maximum absolute atomic E-state index is 12.8. The van der Waals surface area contributed by atoms with Gasteiger partial charge in [-0.1, -0.05) is 23.8 Å². The summed E-state index contributed by atoms with van der Waals surface area (Å²) in [7, 11) is 0. The van der Waals surface area contributed by atoms with Crippen LogP contribution in [0.2, 0.25) is 5.02 Å². The molecular weight excluding hydrogens is 356 g/mol. The Morgan fingerprint density at radius 2 is 1.96 bits per heavy atom. The van der Waals surface area contributed by atoms with Crippen molar-refractivity contribution < 1.29 is 18.7 Å². The molecule has 0 saturated heterocycles. The lowest BCUT2D eigenvalue weighted by Gasteiger charge is -2.29. The highest BCUT2D eigenvalue weighted by Gasteiger charge is 2.36. The van der Waals surface area contributed by atoms with E-state index in [1.807, 2.05) is 32.9 Å². The number of halogens is 1. The van der Waals surface area contributed by atoms with E-state index in [2.05, 4.69) is 0 Å². The summed E-state index contributed by atoms with van der Waals surface area (Å²) in [6, 6.07) is 0. The zero-order valence-electron chi connectivity index (χ0n) is 15.1. The molecule has 2 aliphatic heterocycles. The number of ketones is 1. The van der Waals surface area contributed by atoms with Crippen molar-refractivity contribution in [2.45, 2.75) is 52.2 Å². The summed E-state index contributed by atoms with van der Waals surface area (Å²) in [6.45, 7) is 7.52. The normalized spacial score (nSPS) is 20.8. The summed E-state index contributed by atoms with van der Waals surface area (Å²) in [5.74, 6) is 0.825. The van der Waals surface area contributed by atoms with Crippen molar-refractivity contribution >= 4 is 34.4 Å². The number of benzene rings is 1. The molecule has 2 aliphatic rings.